The van der Waals surface area contributed by atoms with Crippen LogP contribution >= 0.6 is 27.5 Å². The second-order valence-corrected chi connectivity index (χ2v) is 7.05. The molecule has 0 radical (unpaired) electrons. The normalized spacial score (nSPS) is 11.0. The molecule has 0 fully saturated rings. The number of para-hydroxylation sites is 1. The molecular formula is C13H16BrClN2O2. The number of hydrogen-bond donors (Lipinski definition) is 1. The van der Waals surface area contributed by atoms with Gasteiger partial charge in [0.2, 0.25) is 11.8 Å². The summed E-state index contributed by atoms with van der Waals surface area (Å²) in [5.74, 6) is -0.456. The highest BCUT2D eigenvalue weighted by Crippen LogP contribution is 2.21. The second kappa shape index (κ2) is 6.39. The molecule has 0 aliphatic heterocycles. The van der Waals surface area contributed by atoms with Gasteiger partial charge in [0.05, 0.1) is 21.6 Å². The first-order valence-electron chi connectivity index (χ1n) is 5.70. The van der Waals surface area contributed by atoms with Crippen LogP contribution in [0.3, 0.4) is 0 Å². The SMILES string of the molecule is CN(CC(=O)Nc1ccccc1Cl)C(=O)C(C)(C)Br. The smallest absolute Gasteiger partial charge is 0.244 e. The summed E-state index contributed by atoms with van der Waals surface area (Å²) in [6.07, 6.45) is 0. The average molecular weight is 348 g/mol. The summed E-state index contributed by atoms with van der Waals surface area (Å²) in [5, 5.41) is 3.13. The summed E-state index contributed by atoms with van der Waals surface area (Å²) in [5.41, 5.74) is 0.535. The summed E-state index contributed by atoms with van der Waals surface area (Å²) < 4.78 is -0.688. The van der Waals surface area contributed by atoms with Crippen LogP contribution in [0.5, 0.6) is 0 Å². The lowest BCUT2D eigenvalue weighted by Gasteiger charge is -2.24. The van der Waals surface area contributed by atoms with Gasteiger partial charge in [0.25, 0.3) is 0 Å². The minimum Gasteiger partial charge on any atom is -0.335 e. The van der Waals surface area contributed by atoms with Gasteiger partial charge in [0.1, 0.15) is 0 Å². The molecule has 0 aliphatic rings. The quantitative estimate of drug-likeness (QED) is 0.851. The fraction of sp³-hybridized carbons (Fsp3) is 0.385. The molecule has 4 nitrogen and oxygen atoms in total. The van der Waals surface area contributed by atoms with E-state index in [2.05, 4.69) is 21.2 Å². The van der Waals surface area contributed by atoms with Crippen LogP contribution in [0, 0.1) is 0 Å². The Labute approximate surface area is 126 Å². The molecule has 0 unspecified atom stereocenters. The van der Waals surface area contributed by atoms with Crippen molar-refractivity contribution < 1.29 is 9.59 Å². The maximum atomic E-state index is 11.9. The van der Waals surface area contributed by atoms with Crippen molar-refractivity contribution in [1.29, 1.82) is 0 Å². The maximum absolute atomic E-state index is 11.9. The van der Waals surface area contributed by atoms with E-state index >= 15 is 0 Å². The molecule has 0 spiro atoms. The van der Waals surface area contributed by atoms with Gasteiger partial charge < -0.3 is 10.2 Å². The van der Waals surface area contributed by atoms with E-state index in [1.807, 2.05) is 0 Å². The monoisotopic (exact) mass is 346 g/mol. The highest BCUT2D eigenvalue weighted by atomic mass is 79.9. The van der Waals surface area contributed by atoms with Crippen LogP contribution in [0.2, 0.25) is 5.02 Å². The number of amides is 2. The molecule has 0 atom stereocenters. The van der Waals surface area contributed by atoms with Gasteiger partial charge in [-0.05, 0) is 26.0 Å². The van der Waals surface area contributed by atoms with E-state index in [-0.39, 0.29) is 18.4 Å². The molecule has 6 heteroatoms. The minimum atomic E-state index is -0.688. The predicted octanol–water partition coefficient (Wildman–Crippen LogP) is 2.91. The number of rotatable bonds is 4. The van der Waals surface area contributed by atoms with Gasteiger partial charge in [-0.25, -0.2) is 0 Å². The van der Waals surface area contributed by atoms with Crippen molar-refractivity contribution in [3.63, 3.8) is 0 Å². The summed E-state index contributed by atoms with van der Waals surface area (Å²) in [4.78, 5) is 25.1. The maximum Gasteiger partial charge on any atom is 0.244 e. The van der Waals surface area contributed by atoms with Gasteiger partial charge in [-0.3, -0.25) is 9.59 Å². The van der Waals surface area contributed by atoms with Crippen molar-refractivity contribution in [2.75, 3.05) is 18.9 Å². The zero-order valence-corrected chi connectivity index (χ0v) is 13.4. The molecular weight excluding hydrogens is 332 g/mol. The summed E-state index contributed by atoms with van der Waals surface area (Å²) in [6, 6.07) is 6.95. The fourth-order valence-electron chi connectivity index (χ4n) is 1.49. The van der Waals surface area contributed by atoms with Crippen molar-refractivity contribution in [3.05, 3.63) is 29.3 Å². The van der Waals surface area contributed by atoms with Crippen molar-refractivity contribution in [2.45, 2.75) is 18.2 Å². The summed E-state index contributed by atoms with van der Waals surface area (Å²) >= 11 is 9.21. The van der Waals surface area contributed by atoms with E-state index in [0.717, 1.165) is 0 Å². The first kappa shape index (κ1) is 16.0. The first-order chi connectivity index (χ1) is 8.71. The van der Waals surface area contributed by atoms with E-state index in [1.165, 1.54) is 4.90 Å². The molecule has 0 bridgehead atoms. The Bertz CT molecular complexity index is 486. The molecule has 0 heterocycles. The molecule has 0 aromatic heterocycles. The Morgan fingerprint density at radius 2 is 1.95 bits per heavy atom. The third-order valence-corrected chi connectivity index (χ3v) is 3.05. The zero-order chi connectivity index (χ0) is 14.6. The minimum absolute atomic E-state index is 0.0287. The van der Waals surface area contributed by atoms with Crippen LogP contribution in [-0.2, 0) is 9.59 Å². The van der Waals surface area contributed by atoms with Gasteiger partial charge in [0, 0.05) is 7.05 Å². The molecule has 1 rings (SSSR count). The number of alkyl halides is 1. The first-order valence-corrected chi connectivity index (χ1v) is 6.88. The van der Waals surface area contributed by atoms with Crippen LogP contribution in [-0.4, -0.2) is 34.6 Å². The Hall–Kier alpha value is -1.07. The molecule has 19 heavy (non-hydrogen) atoms. The summed E-state index contributed by atoms with van der Waals surface area (Å²) in [6.45, 7) is 3.44. The molecule has 2 amide bonds. The predicted molar refractivity (Wildman–Crippen MR) is 80.7 cm³/mol. The highest BCUT2D eigenvalue weighted by molar-refractivity contribution is 9.10. The Morgan fingerprint density at radius 3 is 2.47 bits per heavy atom. The van der Waals surface area contributed by atoms with Crippen LogP contribution in [0.25, 0.3) is 0 Å². The zero-order valence-electron chi connectivity index (χ0n) is 11.0. The third-order valence-electron chi connectivity index (χ3n) is 2.38. The van der Waals surface area contributed by atoms with E-state index in [9.17, 15) is 9.59 Å². The molecule has 0 saturated heterocycles. The fourth-order valence-corrected chi connectivity index (χ4v) is 1.98. The third kappa shape index (κ3) is 4.84. The number of anilines is 1. The van der Waals surface area contributed by atoms with Crippen molar-refractivity contribution >= 4 is 45.0 Å². The molecule has 104 valence electrons. The van der Waals surface area contributed by atoms with E-state index < -0.39 is 4.32 Å². The van der Waals surface area contributed by atoms with Crippen LogP contribution in [0.4, 0.5) is 5.69 Å². The second-order valence-electron chi connectivity index (χ2n) is 4.66. The van der Waals surface area contributed by atoms with E-state index in [4.69, 9.17) is 11.6 Å². The van der Waals surface area contributed by atoms with Gasteiger partial charge >= 0.3 is 0 Å². The lowest BCUT2D eigenvalue weighted by Crippen LogP contribution is -2.42. The molecule has 1 aromatic carbocycles. The van der Waals surface area contributed by atoms with E-state index in [1.54, 1.807) is 45.2 Å². The Kier molecular flexibility index (Phi) is 5.38. The summed E-state index contributed by atoms with van der Waals surface area (Å²) in [7, 11) is 1.58. The lowest BCUT2D eigenvalue weighted by molar-refractivity contribution is -0.134. The Balaban J connectivity index is 2.62. The standard InChI is InChI=1S/C13H16BrClN2O2/c1-13(2,14)12(19)17(3)8-11(18)16-10-7-5-4-6-9(10)15/h4-7H,8H2,1-3H3,(H,16,18). The number of halogens is 2. The largest absolute Gasteiger partial charge is 0.335 e. The van der Waals surface area contributed by atoms with Gasteiger partial charge in [-0.2, -0.15) is 0 Å². The highest BCUT2D eigenvalue weighted by Gasteiger charge is 2.28. The molecule has 1 aromatic rings. The number of hydrogen-bond acceptors (Lipinski definition) is 2. The lowest BCUT2D eigenvalue weighted by atomic mass is 10.2. The van der Waals surface area contributed by atoms with Gasteiger partial charge in [0.15, 0.2) is 0 Å². The average Bonchev–Trinajstić information content (AvgIpc) is 2.29. The number of carbonyl (C=O) groups excluding carboxylic acids is 2. The number of benzene rings is 1. The molecule has 1 N–H and O–H groups in total. The van der Waals surface area contributed by atoms with Gasteiger partial charge in [-0.15, -0.1) is 0 Å². The van der Waals surface area contributed by atoms with E-state index in [0.29, 0.717) is 10.7 Å². The van der Waals surface area contributed by atoms with Gasteiger partial charge in [-0.1, -0.05) is 39.7 Å². The van der Waals surface area contributed by atoms with Crippen LogP contribution < -0.4 is 5.32 Å². The number of nitrogens with one attached hydrogen (secondary N) is 1. The number of carbonyl (C=O) groups is 2. The Morgan fingerprint density at radius 1 is 1.37 bits per heavy atom. The molecule has 0 saturated carbocycles. The van der Waals surface area contributed by atoms with Crippen molar-refractivity contribution in [3.8, 4) is 0 Å². The van der Waals surface area contributed by atoms with Crippen LogP contribution in [0.15, 0.2) is 24.3 Å². The topological polar surface area (TPSA) is 49.4 Å². The number of likely N-dealkylation sites (N-methyl/N-ethyl adjacent to an activating group) is 1. The molecule has 0 aliphatic carbocycles. The van der Waals surface area contributed by atoms with Crippen LogP contribution in [0.1, 0.15) is 13.8 Å². The number of nitrogens with zero attached hydrogens (tertiary/aromatic N) is 1. The van der Waals surface area contributed by atoms with Crippen molar-refractivity contribution in [2.24, 2.45) is 0 Å². The van der Waals surface area contributed by atoms with Crippen molar-refractivity contribution in [1.82, 2.24) is 4.90 Å².